The van der Waals surface area contributed by atoms with Gasteiger partial charge in [-0.3, -0.25) is 0 Å². The van der Waals surface area contributed by atoms with Crippen LogP contribution < -0.4 is 0 Å². The third-order valence-electron chi connectivity index (χ3n) is 2.43. The van der Waals surface area contributed by atoms with Crippen molar-refractivity contribution in [2.24, 2.45) is 0 Å². The molecule has 0 saturated heterocycles. The molecule has 0 amide bonds. The zero-order valence-corrected chi connectivity index (χ0v) is 14.8. The van der Waals surface area contributed by atoms with Crippen molar-refractivity contribution in [2.45, 2.75) is 16.6 Å². The summed E-state index contributed by atoms with van der Waals surface area (Å²) in [6.07, 6.45) is 0. The van der Waals surface area contributed by atoms with Gasteiger partial charge in [0.15, 0.2) is 0 Å². The van der Waals surface area contributed by atoms with E-state index in [1.54, 1.807) is 19.2 Å². The van der Waals surface area contributed by atoms with Gasteiger partial charge in [-0.25, -0.2) is 8.42 Å². The maximum absolute atomic E-state index is 12.4. The molecule has 2 rings (SSSR count). The van der Waals surface area contributed by atoms with Crippen LogP contribution in [-0.2, 0) is 22.4 Å². The number of hydrogen-bond donors (Lipinski definition) is 0. The molecule has 0 saturated carbocycles. The molecule has 0 unspecified atom stereocenters. The molecule has 0 aromatic carbocycles. The Kier molecular flexibility index (Phi) is 5.08. The summed E-state index contributed by atoms with van der Waals surface area (Å²) in [6.45, 7) is 0.368. The van der Waals surface area contributed by atoms with E-state index in [4.69, 9.17) is 11.6 Å². The van der Waals surface area contributed by atoms with Gasteiger partial charge in [-0.05, 0) is 34.1 Å². The highest BCUT2D eigenvalue weighted by molar-refractivity contribution is 9.10. The molecule has 0 N–H and O–H groups in total. The number of sulfonamides is 1. The van der Waals surface area contributed by atoms with E-state index in [2.05, 4.69) is 15.9 Å². The number of hydrogen-bond acceptors (Lipinski definition) is 4. The maximum atomic E-state index is 12.4. The molecular weight excluding hydrogens is 390 g/mol. The molecule has 0 atom stereocenters. The van der Waals surface area contributed by atoms with Gasteiger partial charge in [0.1, 0.15) is 4.21 Å². The standard InChI is InChI=1S/C11H11BrClNO2S3/c1-14(6-10-4-8(12)7-17-10)19(15,16)11-3-2-9(5-13)18-11/h2-4,7H,5-6H2,1H3. The van der Waals surface area contributed by atoms with Gasteiger partial charge < -0.3 is 0 Å². The predicted molar refractivity (Wildman–Crippen MR) is 84.5 cm³/mol. The summed E-state index contributed by atoms with van der Waals surface area (Å²) in [5.74, 6) is 0.335. The normalized spacial score (nSPS) is 12.2. The first-order chi connectivity index (χ1) is 8.93. The quantitative estimate of drug-likeness (QED) is 0.708. The van der Waals surface area contributed by atoms with Crippen LogP contribution in [0, 0.1) is 0 Å². The van der Waals surface area contributed by atoms with Gasteiger partial charge in [-0.15, -0.1) is 34.3 Å². The van der Waals surface area contributed by atoms with Crippen molar-refractivity contribution in [3.05, 3.63) is 37.8 Å². The van der Waals surface area contributed by atoms with Gasteiger partial charge in [0, 0.05) is 33.2 Å². The van der Waals surface area contributed by atoms with E-state index >= 15 is 0 Å². The highest BCUT2D eigenvalue weighted by Gasteiger charge is 2.23. The Balaban J connectivity index is 2.19. The number of thiophene rings is 2. The van der Waals surface area contributed by atoms with Crippen molar-refractivity contribution in [2.75, 3.05) is 7.05 Å². The smallest absolute Gasteiger partial charge is 0.206 e. The molecule has 0 aliphatic heterocycles. The van der Waals surface area contributed by atoms with Gasteiger partial charge >= 0.3 is 0 Å². The molecule has 19 heavy (non-hydrogen) atoms. The van der Waals surface area contributed by atoms with Gasteiger partial charge in [0.2, 0.25) is 0 Å². The van der Waals surface area contributed by atoms with E-state index < -0.39 is 10.0 Å². The molecular formula is C11H11BrClNO2S3. The molecule has 8 heteroatoms. The third kappa shape index (κ3) is 3.59. The molecule has 0 bridgehead atoms. The zero-order valence-electron chi connectivity index (χ0n) is 9.97. The van der Waals surface area contributed by atoms with Crippen molar-refractivity contribution in [1.29, 1.82) is 0 Å². The molecule has 2 aromatic heterocycles. The average Bonchev–Trinajstić information content (AvgIpc) is 2.98. The minimum absolute atomic E-state index is 0.335. The molecule has 0 fully saturated rings. The van der Waals surface area contributed by atoms with Crippen LogP contribution in [0.15, 0.2) is 32.3 Å². The summed E-state index contributed by atoms with van der Waals surface area (Å²) in [5.41, 5.74) is 0. The summed E-state index contributed by atoms with van der Waals surface area (Å²) >= 11 is 11.8. The molecule has 0 radical (unpaired) electrons. The minimum atomic E-state index is -3.43. The van der Waals surface area contributed by atoms with Gasteiger partial charge in [-0.1, -0.05) is 0 Å². The number of rotatable bonds is 5. The molecule has 3 nitrogen and oxygen atoms in total. The van der Waals surface area contributed by atoms with Crippen molar-refractivity contribution in [3.63, 3.8) is 0 Å². The highest BCUT2D eigenvalue weighted by atomic mass is 79.9. The maximum Gasteiger partial charge on any atom is 0.252 e. The van der Waals surface area contributed by atoms with E-state index in [1.165, 1.54) is 27.0 Å². The summed E-state index contributed by atoms with van der Waals surface area (Å²) < 4.78 is 27.4. The number of halogens is 2. The predicted octanol–water partition coefficient (Wildman–Crippen LogP) is 4.13. The lowest BCUT2D eigenvalue weighted by Crippen LogP contribution is -2.25. The second kappa shape index (κ2) is 6.24. The monoisotopic (exact) mass is 399 g/mol. The van der Waals surface area contributed by atoms with Crippen molar-refractivity contribution >= 4 is 60.2 Å². The number of alkyl halides is 1. The lowest BCUT2D eigenvalue weighted by molar-refractivity contribution is 0.471. The summed E-state index contributed by atoms with van der Waals surface area (Å²) in [4.78, 5) is 1.85. The topological polar surface area (TPSA) is 37.4 Å². The Morgan fingerprint density at radius 2 is 2.11 bits per heavy atom. The summed E-state index contributed by atoms with van der Waals surface area (Å²) in [6, 6.07) is 5.29. The number of nitrogens with zero attached hydrogens (tertiary/aromatic N) is 1. The lowest BCUT2D eigenvalue weighted by atomic mass is 10.5. The second-order valence-corrected chi connectivity index (χ2v) is 9.47. The first-order valence-corrected chi connectivity index (χ1v) is 9.74. The Labute approximate surface area is 134 Å². The highest BCUT2D eigenvalue weighted by Crippen LogP contribution is 2.27. The van der Waals surface area contributed by atoms with Gasteiger partial charge in [0.25, 0.3) is 10.0 Å². The first-order valence-electron chi connectivity index (χ1n) is 5.27. The van der Waals surface area contributed by atoms with E-state index in [1.807, 2.05) is 11.4 Å². The van der Waals surface area contributed by atoms with Crippen LogP contribution in [0.4, 0.5) is 0 Å². The molecule has 2 heterocycles. The van der Waals surface area contributed by atoms with Crippen LogP contribution in [-0.4, -0.2) is 19.8 Å². The minimum Gasteiger partial charge on any atom is -0.206 e. The second-order valence-electron chi connectivity index (χ2n) is 3.85. The third-order valence-corrected chi connectivity index (χ3v) is 7.92. The van der Waals surface area contributed by atoms with Crippen molar-refractivity contribution in [1.82, 2.24) is 4.31 Å². The van der Waals surface area contributed by atoms with Crippen LogP contribution in [0.1, 0.15) is 9.75 Å². The van der Waals surface area contributed by atoms with Crippen LogP contribution in [0.3, 0.4) is 0 Å². The molecule has 0 aliphatic carbocycles. The summed E-state index contributed by atoms with van der Waals surface area (Å²) in [5, 5.41) is 1.94. The molecule has 104 valence electrons. The Hall–Kier alpha value is 0.0800. The van der Waals surface area contributed by atoms with E-state index in [-0.39, 0.29) is 0 Å². The van der Waals surface area contributed by atoms with Crippen molar-refractivity contribution in [3.8, 4) is 0 Å². The van der Waals surface area contributed by atoms with Gasteiger partial charge in [-0.2, -0.15) is 4.31 Å². The van der Waals surface area contributed by atoms with Crippen LogP contribution in [0.5, 0.6) is 0 Å². The van der Waals surface area contributed by atoms with E-state index in [0.717, 1.165) is 14.2 Å². The van der Waals surface area contributed by atoms with Crippen molar-refractivity contribution < 1.29 is 8.42 Å². The fourth-order valence-corrected chi connectivity index (χ4v) is 5.87. The van der Waals surface area contributed by atoms with Crippen LogP contribution in [0.25, 0.3) is 0 Å². The SMILES string of the molecule is CN(Cc1cc(Br)cs1)S(=O)(=O)c1ccc(CCl)s1. The van der Waals surface area contributed by atoms with E-state index in [9.17, 15) is 8.42 Å². The Morgan fingerprint density at radius 3 is 2.63 bits per heavy atom. The summed E-state index contributed by atoms with van der Waals surface area (Å²) in [7, 11) is -1.85. The molecule has 0 spiro atoms. The van der Waals surface area contributed by atoms with Crippen LogP contribution in [0.2, 0.25) is 0 Å². The fraction of sp³-hybridized carbons (Fsp3) is 0.273. The Morgan fingerprint density at radius 1 is 1.37 bits per heavy atom. The molecule has 0 aliphatic rings. The first kappa shape index (κ1) is 15.5. The average molecular weight is 401 g/mol. The fourth-order valence-electron chi connectivity index (χ4n) is 1.46. The Bertz CT molecular complexity index is 665. The lowest BCUT2D eigenvalue weighted by Gasteiger charge is -2.14. The van der Waals surface area contributed by atoms with Gasteiger partial charge in [0.05, 0.1) is 5.88 Å². The largest absolute Gasteiger partial charge is 0.252 e. The molecule has 2 aromatic rings. The van der Waals surface area contributed by atoms with E-state index in [0.29, 0.717) is 16.6 Å². The van der Waals surface area contributed by atoms with Crippen LogP contribution >= 0.6 is 50.2 Å². The zero-order chi connectivity index (χ0) is 14.0.